The minimum absolute atomic E-state index is 0.114. The predicted molar refractivity (Wildman–Crippen MR) is 77.8 cm³/mol. The van der Waals surface area contributed by atoms with Crippen LogP contribution in [-0.4, -0.2) is 30.4 Å². The number of rotatable bonds is 2. The van der Waals surface area contributed by atoms with Crippen molar-refractivity contribution in [2.75, 3.05) is 13.7 Å². The minimum atomic E-state index is -0.489. The summed E-state index contributed by atoms with van der Waals surface area (Å²) in [5.41, 5.74) is 0.290. The number of carbonyl (C=O) groups is 1. The largest absolute Gasteiger partial charge is 0.453 e. The number of ether oxygens (including phenoxy) is 2. The van der Waals surface area contributed by atoms with Crippen molar-refractivity contribution < 1.29 is 14.3 Å². The Morgan fingerprint density at radius 2 is 2.14 bits per heavy atom. The first-order valence-electron chi connectivity index (χ1n) is 7.60. The second kappa shape index (κ2) is 5.64. The molecule has 1 aromatic heterocycles. The monoisotopic (exact) mass is 290 g/mol. The number of amides is 1. The summed E-state index contributed by atoms with van der Waals surface area (Å²) in [5.74, 6) is 0. The summed E-state index contributed by atoms with van der Waals surface area (Å²) in [4.78, 5) is 16.4. The second-order valence-corrected chi connectivity index (χ2v) is 6.08. The van der Waals surface area contributed by atoms with E-state index in [0.29, 0.717) is 6.61 Å². The van der Waals surface area contributed by atoms with Crippen LogP contribution in [0.5, 0.6) is 0 Å². The summed E-state index contributed by atoms with van der Waals surface area (Å²) in [7, 11) is 1.39. The molecular formula is C16H22N2O3. The van der Waals surface area contributed by atoms with E-state index in [1.54, 1.807) is 6.20 Å². The number of nitrogens with zero attached hydrogens (tertiary/aromatic N) is 1. The fourth-order valence-electron chi connectivity index (χ4n) is 3.75. The first-order valence-corrected chi connectivity index (χ1v) is 7.60. The SMILES string of the molecule is COC(=O)NC1(c2ccccn2)CCOC2(CCCC2)C1. The Balaban J connectivity index is 1.94. The smallest absolute Gasteiger partial charge is 0.407 e. The maximum Gasteiger partial charge on any atom is 0.407 e. The zero-order chi connectivity index (χ0) is 14.8. The van der Waals surface area contributed by atoms with Crippen LogP contribution in [0.3, 0.4) is 0 Å². The van der Waals surface area contributed by atoms with Crippen LogP contribution in [0.15, 0.2) is 24.4 Å². The van der Waals surface area contributed by atoms with Crippen LogP contribution >= 0.6 is 0 Å². The van der Waals surface area contributed by atoms with Gasteiger partial charge in [-0.2, -0.15) is 0 Å². The first kappa shape index (κ1) is 14.3. The van der Waals surface area contributed by atoms with Crippen LogP contribution in [0.1, 0.15) is 44.2 Å². The van der Waals surface area contributed by atoms with Crippen LogP contribution in [0, 0.1) is 0 Å². The summed E-state index contributed by atoms with van der Waals surface area (Å²) < 4.78 is 10.9. The Bertz CT molecular complexity index is 500. The first-order chi connectivity index (χ1) is 10.2. The average Bonchev–Trinajstić information content (AvgIpc) is 2.95. The highest BCUT2D eigenvalue weighted by Crippen LogP contribution is 2.46. The molecule has 0 radical (unpaired) electrons. The van der Waals surface area contributed by atoms with Crippen molar-refractivity contribution in [3.05, 3.63) is 30.1 Å². The molecule has 0 bridgehead atoms. The number of hydrogen-bond acceptors (Lipinski definition) is 4. The average molecular weight is 290 g/mol. The number of pyridine rings is 1. The third-order valence-corrected chi connectivity index (χ3v) is 4.76. The van der Waals surface area contributed by atoms with Gasteiger partial charge in [-0.05, 0) is 31.4 Å². The molecule has 1 saturated carbocycles. The highest BCUT2D eigenvalue weighted by Gasteiger charge is 2.49. The summed E-state index contributed by atoms with van der Waals surface area (Å²) in [6.07, 6.45) is 7.36. The number of alkyl carbamates (subject to hydrolysis) is 1. The number of methoxy groups -OCH3 is 1. The predicted octanol–water partition coefficient (Wildman–Crippen LogP) is 2.76. The Kier molecular flexibility index (Phi) is 3.85. The Hall–Kier alpha value is -1.62. The number of carbonyl (C=O) groups excluding carboxylic acids is 1. The van der Waals surface area contributed by atoms with Crippen LogP contribution in [0.4, 0.5) is 4.79 Å². The van der Waals surface area contributed by atoms with Crippen LogP contribution in [0.25, 0.3) is 0 Å². The quantitative estimate of drug-likeness (QED) is 0.910. The van der Waals surface area contributed by atoms with Gasteiger partial charge in [0.15, 0.2) is 0 Å². The zero-order valence-electron chi connectivity index (χ0n) is 12.4. The lowest BCUT2D eigenvalue weighted by Crippen LogP contribution is -2.55. The van der Waals surface area contributed by atoms with Crippen LogP contribution in [0.2, 0.25) is 0 Å². The molecule has 1 saturated heterocycles. The van der Waals surface area contributed by atoms with Crippen molar-refractivity contribution in [2.24, 2.45) is 0 Å². The topological polar surface area (TPSA) is 60.5 Å². The summed E-state index contributed by atoms with van der Waals surface area (Å²) in [6.45, 7) is 0.639. The normalized spacial score (nSPS) is 27.5. The molecule has 21 heavy (non-hydrogen) atoms. The van der Waals surface area contributed by atoms with E-state index in [-0.39, 0.29) is 5.60 Å². The van der Waals surface area contributed by atoms with Crippen LogP contribution < -0.4 is 5.32 Å². The van der Waals surface area contributed by atoms with Crippen molar-refractivity contribution in [1.29, 1.82) is 0 Å². The lowest BCUT2D eigenvalue weighted by Gasteiger charge is -2.46. The molecule has 1 unspecified atom stereocenters. The van der Waals surface area contributed by atoms with E-state index in [2.05, 4.69) is 10.3 Å². The highest BCUT2D eigenvalue weighted by atomic mass is 16.5. The maximum absolute atomic E-state index is 11.9. The van der Waals surface area contributed by atoms with Gasteiger partial charge in [-0.25, -0.2) is 4.79 Å². The third-order valence-electron chi connectivity index (χ3n) is 4.76. The summed E-state index contributed by atoms with van der Waals surface area (Å²) in [6, 6.07) is 5.82. The number of aromatic nitrogens is 1. The van der Waals surface area contributed by atoms with Gasteiger partial charge >= 0.3 is 6.09 Å². The molecular weight excluding hydrogens is 268 g/mol. The van der Waals surface area contributed by atoms with Crippen molar-refractivity contribution in [3.8, 4) is 0 Å². The van der Waals surface area contributed by atoms with Crippen molar-refractivity contribution in [1.82, 2.24) is 10.3 Å². The molecule has 2 fully saturated rings. The summed E-state index contributed by atoms with van der Waals surface area (Å²) >= 11 is 0. The molecule has 1 aliphatic carbocycles. The van der Waals surface area contributed by atoms with Crippen molar-refractivity contribution >= 4 is 6.09 Å². The van der Waals surface area contributed by atoms with Crippen LogP contribution in [-0.2, 0) is 15.0 Å². The van der Waals surface area contributed by atoms with Gasteiger partial charge in [0.2, 0.25) is 0 Å². The van der Waals surface area contributed by atoms with E-state index in [0.717, 1.165) is 31.4 Å². The Labute approximate surface area is 125 Å². The minimum Gasteiger partial charge on any atom is -0.453 e. The molecule has 1 N–H and O–H groups in total. The molecule has 0 aromatic carbocycles. The van der Waals surface area contributed by atoms with E-state index in [4.69, 9.17) is 9.47 Å². The van der Waals surface area contributed by atoms with E-state index >= 15 is 0 Å². The number of nitrogens with one attached hydrogen (secondary N) is 1. The zero-order valence-corrected chi connectivity index (χ0v) is 12.4. The molecule has 114 valence electrons. The molecule has 2 aliphatic rings. The maximum atomic E-state index is 11.9. The van der Waals surface area contributed by atoms with E-state index in [1.807, 2.05) is 18.2 Å². The van der Waals surface area contributed by atoms with Crippen molar-refractivity contribution in [3.63, 3.8) is 0 Å². The van der Waals surface area contributed by atoms with Crippen molar-refractivity contribution in [2.45, 2.75) is 49.7 Å². The third kappa shape index (κ3) is 2.75. The molecule has 3 rings (SSSR count). The lowest BCUT2D eigenvalue weighted by atomic mass is 9.76. The molecule has 1 aromatic rings. The molecule has 1 amide bonds. The molecule has 1 spiro atoms. The standard InChI is InChI=1S/C16H22N2O3/c1-20-14(19)18-16(13-6-2-5-10-17-13)9-11-21-15(12-16)7-3-4-8-15/h2,5-6,10H,3-4,7-9,11-12H2,1H3,(H,18,19). The van der Waals surface area contributed by atoms with Gasteiger partial charge in [-0.15, -0.1) is 0 Å². The van der Waals surface area contributed by atoms with Gasteiger partial charge in [0.05, 0.1) is 23.9 Å². The van der Waals surface area contributed by atoms with Gasteiger partial charge in [0.1, 0.15) is 0 Å². The fraction of sp³-hybridized carbons (Fsp3) is 0.625. The Morgan fingerprint density at radius 1 is 1.33 bits per heavy atom. The Morgan fingerprint density at radius 3 is 2.81 bits per heavy atom. The number of hydrogen-bond donors (Lipinski definition) is 1. The fourth-order valence-corrected chi connectivity index (χ4v) is 3.75. The van der Waals surface area contributed by atoms with E-state index in [9.17, 15) is 4.79 Å². The highest BCUT2D eigenvalue weighted by molar-refractivity contribution is 5.68. The molecule has 5 nitrogen and oxygen atoms in total. The van der Waals surface area contributed by atoms with Gasteiger partial charge < -0.3 is 14.8 Å². The van der Waals surface area contributed by atoms with Gasteiger partial charge in [-0.3, -0.25) is 4.98 Å². The second-order valence-electron chi connectivity index (χ2n) is 6.08. The molecule has 2 heterocycles. The molecule has 5 heteroatoms. The molecule has 1 atom stereocenters. The molecule has 1 aliphatic heterocycles. The summed E-state index contributed by atoms with van der Waals surface area (Å²) in [5, 5.41) is 3.05. The lowest BCUT2D eigenvalue weighted by molar-refractivity contribution is -0.108. The van der Waals surface area contributed by atoms with E-state index < -0.39 is 11.6 Å². The van der Waals surface area contributed by atoms with Gasteiger partial charge in [0.25, 0.3) is 0 Å². The van der Waals surface area contributed by atoms with Gasteiger partial charge in [0, 0.05) is 19.2 Å². The van der Waals surface area contributed by atoms with Gasteiger partial charge in [-0.1, -0.05) is 18.9 Å². The van der Waals surface area contributed by atoms with E-state index in [1.165, 1.54) is 20.0 Å².